The van der Waals surface area contributed by atoms with E-state index in [4.69, 9.17) is 23.2 Å². The average Bonchev–Trinajstić information content (AvgIpc) is 2.48. The fourth-order valence-electron chi connectivity index (χ4n) is 2.34. The highest BCUT2D eigenvalue weighted by Gasteiger charge is 2.15. The molecule has 1 N–H and O–H groups in total. The third-order valence-electron chi connectivity index (χ3n) is 3.75. The van der Waals surface area contributed by atoms with Crippen molar-refractivity contribution in [3.05, 3.63) is 63.6 Å². The van der Waals surface area contributed by atoms with Crippen LogP contribution in [0.5, 0.6) is 0 Å². The van der Waals surface area contributed by atoms with Crippen molar-refractivity contribution in [2.75, 3.05) is 19.0 Å². The molecule has 1 unspecified atom stereocenters. The molecule has 0 saturated carbocycles. The van der Waals surface area contributed by atoms with Crippen molar-refractivity contribution in [1.29, 1.82) is 0 Å². The molecular formula is C17H20Cl2N2. The molecule has 0 heterocycles. The summed E-state index contributed by atoms with van der Waals surface area (Å²) in [6, 6.07) is 14.3. The Balaban J connectivity index is 2.25. The van der Waals surface area contributed by atoms with Crippen molar-refractivity contribution < 1.29 is 0 Å². The molecule has 0 amide bonds. The summed E-state index contributed by atoms with van der Waals surface area (Å²) in [5.41, 5.74) is 3.28. The first kappa shape index (κ1) is 16.2. The van der Waals surface area contributed by atoms with Gasteiger partial charge >= 0.3 is 0 Å². The van der Waals surface area contributed by atoms with Crippen molar-refractivity contribution >= 4 is 28.9 Å². The Morgan fingerprint density at radius 2 is 1.81 bits per heavy atom. The van der Waals surface area contributed by atoms with Crippen LogP contribution in [-0.4, -0.2) is 14.1 Å². The predicted octanol–water partition coefficient (Wildman–Crippen LogP) is 4.91. The van der Waals surface area contributed by atoms with Crippen LogP contribution in [0.2, 0.25) is 10.0 Å². The molecule has 0 saturated heterocycles. The highest BCUT2D eigenvalue weighted by molar-refractivity contribution is 6.32. The lowest BCUT2D eigenvalue weighted by Crippen LogP contribution is -2.22. The van der Waals surface area contributed by atoms with Gasteiger partial charge in [-0.05, 0) is 43.3 Å². The molecule has 2 nitrogen and oxygen atoms in total. The van der Waals surface area contributed by atoms with E-state index in [1.54, 1.807) is 0 Å². The molecule has 0 aliphatic rings. The van der Waals surface area contributed by atoms with Gasteiger partial charge in [-0.15, -0.1) is 0 Å². The molecule has 21 heavy (non-hydrogen) atoms. The molecule has 1 atom stereocenters. The van der Waals surface area contributed by atoms with Gasteiger partial charge in [-0.2, -0.15) is 0 Å². The minimum atomic E-state index is 0.171. The summed E-state index contributed by atoms with van der Waals surface area (Å²) in [5, 5.41) is 4.68. The summed E-state index contributed by atoms with van der Waals surface area (Å²) >= 11 is 12.6. The van der Waals surface area contributed by atoms with Gasteiger partial charge in [0.15, 0.2) is 0 Å². The third-order valence-corrected chi connectivity index (χ3v) is 4.44. The molecule has 0 aliphatic heterocycles. The molecule has 0 fully saturated rings. The number of halogens is 2. The molecular weight excluding hydrogens is 303 g/mol. The molecule has 112 valence electrons. The molecule has 0 aliphatic carbocycles. The fraction of sp³-hybridized carbons (Fsp3) is 0.294. The monoisotopic (exact) mass is 322 g/mol. The number of hydrogen-bond donors (Lipinski definition) is 1. The van der Waals surface area contributed by atoms with Crippen molar-refractivity contribution in [3.63, 3.8) is 0 Å². The second kappa shape index (κ2) is 7.17. The summed E-state index contributed by atoms with van der Waals surface area (Å²) in [4.78, 5) is 2.18. The van der Waals surface area contributed by atoms with Gasteiger partial charge in [0.2, 0.25) is 0 Å². The molecule has 4 heteroatoms. The Morgan fingerprint density at radius 3 is 2.43 bits per heavy atom. The number of nitrogens with one attached hydrogen (secondary N) is 1. The smallest absolute Gasteiger partial charge is 0.0525 e. The zero-order valence-electron chi connectivity index (χ0n) is 12.5. The number of rotatable bonds is 5. The van der Waals surface area contributed by atoms with Crippen LogP contribution in [0, 0.1) is 0 Å². The molecule has 0 aromatic heterocycles. The Morgan fingerprint density at radius 1 is 1.10 bits per heavy atom. The second-order valence-corrected chi connectivity index (χ2v) is 5.93. The lowest BCUT2D eigenvalue weighted by Gasteiger charge is -2.28. The van der Waals surface area contributed by atoms with Crippen molar-refractivity contribution in [2.24, 2.45) is 0 Å². The normalized spacial score (nSPS) is 12.2. The van der Waals surface area contributed by atoms with Gasteiger partial charge in [0.1, 0.15) is 0 Å². The second-order valence-electron chi connectivity index (χ2n) is 5.11. The Labute approximate surface area is 136 Å². The number of hydrogen-bond acceptors (Lipinski definition) is 2. The lowest BCUT2D eigenvalue weighted by molar-refractivity contribution is 0.739. The van der Waals surface area contributed by atoms with Crippen LogP contribution in [0.15, 0.2) is 42.5 Å². The summed E-state index contributed by atoms with van der Waals surface area (Å²) in [7, 11) is 3.97. The van der Waals surface area contributed by atoms with E-state index in [-0.39, 0.29) is 6.04 Å². The quantitative estimate of drug-likeness (QED) is 0.841. The fourth-order valence-corrected chi connectivity index (χ4v) is 2.87. The Kier molecular flexibility index (Phi) is 5.51. The van der Waals surface area contributed by atoms with E-state index in [1.807, 2.05) is 31.3 Å². The molecule has 0 radical (unpaired) electrons. The molecule has 2 aromatic carbocycles. The van der Waals surface area contributed by atoms with Gasteiger partial charge in [-0.3, -0.25) is 0 Å². The van der Waals surface area contributed by atoms with Gasteiger partial charge in [0.05, 0.1) is 6.04 Å². The highest BCUT2D eigenvalue weighted by Crippen LogP contribution is 2.31. The summed E-state index contributed by atoms with van der Waals surface area (Å²) in [5.74, 6) is 0. The average molecular weight is 323 g/mol. The van der Waals surface area contributed by atoms with Crippen molar-refractivity contribution in [3.8, 4) is 0 Å². The maximum atomic E-state index is 6.34. The zero-order valence-corrected chi connectivity index (χ0v) is 14.0. The van der Waals surface area contributed by atoms with Crippen LogP contribution < -0.4 is 10.2 Å². The zero-order chi connectivity index (χ0) is 15.4. The summed E-state index contributed by atoms with van der Waals surface area (Å²) < 4.78 is 0. The largest absolute Gasteiger partial charge is 0.368 e. The first-order valence-corrected chi connectivity index (χ1v) is 7.70. The Hall–Kier alpha value is -1.22. The van der Waals surface area contributed by atoms with E-state index in [0.717, 1.165) is 33.4 Å². The summed E-state index contributed by atoms with van der Waals surface area (Å²) in [6.45, 7) is 2.90. The van der Waals surface area contributed by atoms with E-state index in [0.29, 0.717) is 0 Å². The van der Waals surface area contributed by atoms with E-state index in [1.165, 1.54) is 0 Å². The molecule has 0 spiro atoms. The van der Waals surface area contributed by atoms with Crippen LogP contribution in [0.3, 0.4) is 0 Å². The standard InChI is InChI=1S/C17H20Cl2N2/c1-12(15-6-4-5-7-16(15)18)21(3)14-9-8-13(11-20-2)17(19)10-14/h4-10,12,20H,11H2,1-3H3. The predicted molar refractivity (Wildman–Crippen MR) is 92.5 cm³/mol. The van der Waals surface area contributed by atoms with Crippen LogP contribution >= 0.6 is 23.2 Å². The summed E-state index contributed by atoms with van der Waals surface area (Å²) in [6.07, 6.45) is 0. The van der Waals surface area contributed by atoms with E-state index in [2.05, 4.69) is 42.4 Å². The van der Waals surface area contributed by atoms with Crippen LogP contribution in [0.25, 0.3) is 0 Å². The number of nitrogens with zero attached hydrogens (tertiary/aromatic N) is 1. The highest BCUT2D eigenvalue weighted by atomic mass is 35.5. The van der Waals surface area contributed by atoms with Gasteiger partial charge in [0, 0.05) is 29.3 Å². The maximum Gasteiger partial charge on any atom is 0.0525 e. The molecule has 0 bridgehead atoms. The molecule has 2 aromatic rings. The van der Waals surface area contributed by atoms with Gasteiger partial charge in [-0.1, -0.05) is 47.5 Å². The van der Waals surface area contributed by atoms with Gasteiger partial charge in [-0.25, -0.2) is 0 Å². The van der Waals surface area contributed by atoms with E-state index in [9.17, 15) is 0 Å². The van der Waals surface area contributed by atoms with Gasteiger partial charge in [0.25, 0.3) is 0 Å². The minimum Gasteiger partial charge on any atom is -0.368 e. The van der Waals surface area contributed by atoms with Crippen molar-refractivity contribution in [1.82, 2.24) is 5.32 Å². The number of benzene rings is 2. The topological polar surface area (TPSA) is 15.3 Å². The van der Waals surface area contributed by atoms with Crippen LogP contribution in [0.4, 0.5) is 5.69 Å². The minimum absolute atomic E-state index is 0.171. The Bertz CT molecular complexity index is 613. The van der Waals surface area contributed by atoms with Crippen LogP contribution in [0.1, 0.15) is 24.1 Å². The third kappa shape index (κ3) is 3.70. The van der Waals surface area contributed by atoms with E-state index < -0.39 is 0 Å². The SMILES string of the molecule is CNCc1ccc(N(C)C(C)c2ccccc2Cl)cc1Cl. The van der Waals surface area contributed by atoms with Gasteiger partial charge < -0.3 is 10.2 Å². The lowest BCUT2D eigenvalue weighted by atomic mass is 10.1. The van der Waals surface area contributed by atoms with Crippen molar-refractivity contribution in [2.45, 2.75) is 19.5 Å². The first-order chi connectivity index (χ1) is 10.0. The first-order valence-electron chi connectivity index (χ1n) is 6.95. The van der Waals surface area contributed by atoms with E-state index >= 15 is 0 Å². The van der Waals surface area contributed by atoms with Crippen LogP contribution in [-0.2, 0) is 6.54 Å². The maximum absolute atomic E-state index is 6.34. The number of anilines is 1. The molecule has 2 rings (SSSR count).